The van der Waals surface area contributed by atoms with Gasteiger partial charge in [-0.2, -0.15) is 17.0 Å². The first-order chi connectivity index (χ1) is 8.72. The number of nitrogens with one attached hydrogen (secondary N) is 1. The first kappa shape index (κ1) is 14.9. The maximum absolute atomic E-state index is 9.24. The second-order valence-electron chi connectivity index (χ2n) is 4.16. The van der Waals surface area contributed by atoms with Crippen LogP contribution in [0, 0.1) is 11.3 Å². The molecule has 0 aliphatic heterocycles. The maximum Gasteiger partial charge on any atom is 0.101 e. The van der Waals surface area contributed by atoms with Gasteiger partial charge < -0.3 is 10.2 Å². The molecule has 1 N–H and O–H groups in total. The van der Waals surface area contributed by atoms with Crippen LogP contribution >= 0.6 is 11.8 Å². The molecule has 0 amide bonds. The molecule has 0 fully saturated rings. The Bertz CT molecular complexity index is 412. The van der Waals surface area contributed by atoms with Crippen molar-refractivity contribution in [2.45, 2.75) is 13.5 Å². The highest BCUT2D eigenvalue weighted by molar-refractivity contribution is 7.98. The highest BCUT2D eigenvalue weighted by Crippen LogP contribution is 2.20. The van der Waals surface area contributed by atoms with Crippen LogP contribution in [0.4, 0.5) is 5.69 Å². The van der Waals surface area contributed by atoms with Crippen LogP contribution in [-0.2, 0) is 6.54 Å². The summed E-state index contributed by atoms with van der Waals surface area (Å²) in [6, 6.07) is 8.41. The predicted molar refractivity (Wildman–Crippen MR) is 80.2 cm³/mol. The number of nitriles is 1. The Morgan fingerprint density at radius 3 is 2.83 bits per heavy atom. The van der Waals surface area contributed by atoms with Crippen LogP contribution in [-0.4, -0.2) is 32.1 Å². The molecule has 18 heavy (non-hydrogen) atoms. The Hall–Kier alpha value is -1.18. The minimum Gasteiger partial charge on any atom is -0.373 e. The van der Waals surface area contributed by atoms with E-state index in [0.29, 0.717) is 0 Å². The number of hydrogen-bond donors (Lipinski definition) is 1. The Labute approximate surface area is 114 Å². The van der Waals surface area contributed by atoms with Crippen molar-refractivity contribution < 1.29 is 0 Å². The van der Waals surface area contributed by atoms with Crippen LogP contribution in [0.1, 0.15) is 18.1 Å². The summed E-state index contributed by atoms with van der Waals surface area (Å²) < 4.78 is 0. The van der Waals surface area contributed by atoms with Gasteiger partial charge in [0.1, 0.15) is 6.07 Å². The zero-order valence-electron chi connectivity index (χ0n) is 11.4. The molecule has 3 nitrogen and oxygen atoms in total. The van der Waals surface area contributed by atoms with Crippen molar-refractivity contribution >= 4 is 17.4 Å². The standard InChI is InChI=1S/C14H21N3S/c1-4-16-11-12-5-6-14(13(9-12)10-15)17(2)7-8-18-3/h5-6,9,16H,4,7-8,11H2,1-3H3. The van der Waals surface area contributed by atoms with Crippen molar-refractivity contribution in [3.63, 3.8) is 0 Å². The fourth-order valence-electron chi connectivity index (χ4n) is 1.73. The van der Waals surface area contributed by atoms with Gasteiger partial charge in [-0.3, -0.25) is 0 Å². The Balaban J connectivity index is 2.83. The average Bonchev–Trinajstić information content (AvgIpc) is 2.42. The van der Waals surface area contributed by atoms with Crippen LogP contribution in [0.3, 0.4) is 0 Å². The summed E-state index contributed by atoms with van der Waals surface area (Å²) in [5.41, 5.74) is 2.94. The van der Waals surface area contributed by atoms with Crippen LogP contribution in [0.25, 0.3) is 0 Å². The van der Waals surface area contributed by atoms with E-state index in [0.717, 1.165) is 42.2 Å². The maximum atomic E-state index is 9.24. The van der Waals surface area contributed by atoms with Crippen molar-refractivity contribution in [3.8, 4) is 6.07 Å². The molecule has 0 spiro atoms. The van der Waals surface area contributed by atoms with E-state index in [1.807, 2.05) is 30.9 Å². The smallest absolute Gasteiger partial charge is 0.101 e. The van der Waals surface area contributed by atoms with Gasteiger partial charge in [0.15, 0.2) is 0 Å². The lowest BCUT2D eigenvalue weighted by Crippen LogP contribution is -2.21. The molecule has 4 heteroatoms. The third-order valence-corrected chi connectivity index (χ3v) is 3.39. The van der Waals surface area contributed by atoms with E-state index in [2.05, 4.69) is 35.5 Å². The van der Waals surface area contributed by atoms with E-state index in [9.17, 15) is 5.26 Å². The topological polar surface area (TPSA) is 39.1 Å². The van der Waals surface area contributed by atoms with E-state index in [1.54, 1.807) is 0 Å². The van der Waals surface area contributed by atoms with Crippen molar-refractivity contribution in [2.75, 3.05) is 37.0 Å². The Kier molecular flexibility index (Phi) is 6.63. The molecule has 0 unspecified atom stereocenters. The largest absolute Gasteiger partial charge is 0.373 e. The second-order valence-corrected chi connectivity index (χ2v) is 5.14. The third kappa shape index (κ3) is 4.25. The van der Waals surface area contributed by atoms with Gasteiger partial charge in [0, 0.05) is 25.9 Å². The lowest BCUT2D eigenvalue weighted by atomic mass is 10.1. The second kappa shape index (κ2) is 8.02. The first-order valence-corrected chi connectivity index (χ1v) is 7.56. The van der Waals surface area contributed by atoms with E-state index >= 15 is 0 Å². The fraction of sp³-hybridized carbons (Fsp3) is 0.500. The van der Waals surface area contributed by atoms with Gasteiger partial charge in [-0.25, -0.2) is 0 Å². The molecule has 98 valence electrons. The van der Waals surface area contributed by atoms with E-state index in [-0.39, 0.29) is 0 Å². The summed E-state index contributed by atoms with van der Waals surface area (Å²) in [4.78, 5) is 2.14. The molecule has 1 aromatic rings. The van der Waals surface area contributed by atoms with Gasteiger partial charge in [-0.15, -0.1) is 0 Å². The van der Waals surface area contributed by atoms with Gasteiger partial charge in [0.05, 0.1) is 11.3 Å². The summed E-state index contributed by atoms with van der Waals surface area (Å²) >= 11 is 1.82. The molecular weight excluding hydrogens is 242 g/mol. The van der Waals surface area contributed by atoms with E-state index < -0.39 is 0 Å². The lowest BCUT2D eigenvalue weighted by Gasteiger charge is -2.20. The van der Waals surface area contributed by atoms with Crippen molar-refractivity contribution in [1.82, 2.24) is 5.32 Å². The molecular formula is C14H21N3S. The first-order valence-electron chi connectivity index (χ1n) is 6.16. The van der Waals surface area contributed by atoms with Gasteiger partial charge in [-0.05, 0) is 30.5 Å². The van der Waals surface area contributed by atoms with Crippen LogP contribution < -0.4 is 10.2 Å². The molecule has 0 aliphatic rings. The SMILES string of the molecule is CCNCc1ccc(N(C)CCSC)c(C#N)c1. The van der Waals surface area contributed by atoms with Gasteiger partial charge in [-0.1, -0.05) is 13.0 Å². The Morgan fingerprint density at radius 2 is 2.22 bits per heavy atom. The zero-order chi connectivity index (χ0) is 13.4. The van der Waals surface area contributed by atoms with Crippen LogP contribution in [0.5, 0.6) is 0 Å². The Morgan fingerprint density at radius 1 is 1.44 bits per heavy atom. The predicted octanol–water partition coefficient (Wildman–Crippen LogP) is 2.47. The van der Waals surface area contributed by atoms with E-state index in [1.165, 1.54) is 0 Å². The summed E-state index contributed by atoms with van der Waals surface area (Å²) in [5, 5.41) is 12.5. The molecule has 1 aromatic carbocycles. The lowest BCUT2D eigenvalue weighted by molar-refractivity contribution is 0.726. The molecule has 0 saturated carbocycles. The van der Waals surface area contributed by atoms with E-state index in [4.69, 9.17) is 0 Å². The summed E-state index contributed by atoms with van der Waals surface area (Å²) in [6.07, 6.45) is 2.10. The van der Waals surface area contributed by atoms with Crippen LogP contribution in [0.2, 0.25) is 0 Å². The van der Waals surface area contributed by atoms with Crippen molar-refractivity contribution in [1.29, 1.82) is 5.26 Å². The quantitative estimate of drug-likeness (QED) is 0.820. The van der Waals surface area contributed by atoms with Crippen molar-refractivity contribution in [3.05, 3.63) is 29.3 Å². The van der Waals surface area contributed by atoms with Gasteiger partial charge >= 0.3 is 0 Å². The fourth-order valence-corrected chi connectivity index (χ4v) is 2.19. The molecule has 0 aromatic heterocycles. The molecule has 1 rings (SSSR count). The zero-order valence-corrected chi connectivity index (χ0v) is 12.2. The monoisotopic (exact) mass is 263 g/mol. The highest BCUT2D eigenvalue weighted by atomic mass is 32.2. The average molecular weight is 263 g/mol. The number of benzene rings is 1. The number of nitrogens with zero attached hydrogens (tertiary/aromatic N) is 2. The van der Waals surface area contributed by atoms with Gasteiger partial charge in [0.2, 0.25) is 0 Å². The molecule has 0 atom stereocenters. The molecule has 0 heterocycles. The molecule has 0 saturated heterocycles. The third-order valence-electron chi connectivity index (χ3n) is 2.80. The highest BCUT2D eigenvalue weighted by Gasteiger charge is 2.07. The molecule has 0 radical (unpaired) electrons. The number of anilines is 1. The van der Waals surface area contributed by atoms with Crippen LogP contribution in [0.15, 0.2) is 18.2 Å². The normalized spacial score (nSPS) is 10.1. The number of rotatable bonds is 7. The number of thioether (sulfide) groups is 1. The molecule has 0 bridgehead atoms. The number of hydrogen-bond acceptors (Lipinski definition) is 4. The minimum atomic E-state index is 0.758. The summed E-state index contributed by atoms with van der Waals surface area (Å²) in [7, 11) is 2.04. The van der Waals surface area contributed by atoms with Crippen molar-refractivity contribution in [2.24, 2.45) is 0 Å². The summed E-state index contributed by atoms with van der Waals surface area (Å²) in [6.45, 7) is 4.80. The van der Waals surface area contributed by atoms with Gasteiger partial charge in [0.25, 0.3) is 0 Å². The summed E-state index contributed by atoms with van der Waals surface area (Å²) in [5.74, 6) is 1.07. The minimum absolute atomic E-state index is 0.758. The molecule has 0 aliphatic carbocycles.